The lowest BCUT2D eigenvalue weighted by atomic mass is 10.2. The number of halogens is 2. The van der Waals surface area contributed by atoms with Crippen molar-refractivity contribution in [1.29, 1.82) is 0 Å². The molecule has 12 heteroatoms. The average Bonchev–Trinajstić information content (AvgIpc) is 2.49. The Hall–Kier alpha value is -1.88. The van der Waals surface area contributed by atoms with Crippen LogP contribution in [-0.2, 0) is 24.4 Å². The molecule has 0 aliphatic heterocycles. The van der Waals surface area contributed by atoms with Gasteiger partial charge in [0.15, 0.2) is 0 Å². The van der Waals surface area contributed by atoms with Crippen LogP contribution in [0.3, 0.4) is 0 Å². The first kappa shape index (κ1) is 21.2. The molecule has 0 aliphatic rings. The van der Waals surface area contributed by atoms with E-state index in [-0.39, 0.29) is 14.9 Å². The summed E-state index contributed by atoms with van der Waals surface area (Å²) in [4.78, 5) is 33.0. The van der Waals surface area contributed by atoms with Crippen LogP contribution in [0.2, 0.25) is 10.0 Å². The van der Waals surface area contributed by atoms with E-state index in [1.165, 1.54) is 13.0 Å². The van der Waals surface area contributed by atoms with E-state index < -0.39 is 47.4 Å². The molecule has 25 heavy (non-hydrogen) atoms. The number of carbonyl (C=O) groups is 3. The fourth-order valence-corrected chi connectivity index (χ4v) is 3.91. The van der Waals surface area contributed by atoms with Gasteiger partial charge in [-0.1, -0.05) is 23.2 Å². The van der Waals surface area contributed by atoms with Gasteiger partial charge >= 0.3 is 5.97 Å². The summed E-state index contributed by atoms with van der Waals surface area (Å²) in [6.45, 7) is -0.802. The van der Waals surface area contributed by atoms with Gasteiger partial charge in [-0.15, -0.1) is 0 Å². The van der Waals surface area contributed by atoms with Crippen molar-refractivity contribution in [3.05, 3.63) is 27.7 Å². The van der Waals surface area contributed by atoms with Crippen LogP contribution in [0.5, 0.6) is 0 Å². The molecule has 0 bridgehead atoms. The Bertz CT molecular complexity index is 812. The fraction of sp³-hybridized carbons (Fsp3) is 0.308. The lowest BCUT2D eigenvalue weighted by Crippen LogP contribution is -2.45. The molecular weight excluding hydrogens is 397 g/mol. The van der Waals surface area contributed by atoms with E-state index in [4.69, 9.17) is 34.0 Å². The summed E-state index contributed by atoms with van der Waals surface area (Å²) in [7, 11) is -4.37. The molecule has 0 heterocycles. The number of benzene rings is 1. The number of hydrogen-bond acceptors (Lipinski definition) is 5. The number of carboxylic acids is 1. The zero-order chi connectivity index (χ0) is 19.4. The summed E-state index contributed by atoms with van der Waals surface area (Å²) in [5.74, 6) is -3.24. The van der Waals surface area contributed by atoms with Crippen molar-refractivity contribution in [2.24, 2.45) is 5.73 Å². The maximum Gasteiger partial charge on any atom is 0.322 e. The number of nitrogens with two attached hydrogens (primary N) is 1. The molecule has 0 radical (unpaired) electrons. The smallest absolute Gasteiger partial charge is 0.322 e. The lowest BCUT2D eigenvalue weighted by Gasteiger charge is -2.21. The molecule has 4 N–H and O–H groups in total. The van der Waals surface area contributed by atoms with Gasteiger partial charge in [0, 0.05) is 5.02 Å². The maximum absolute atomic E-state index is 12.7. The number of sulfonamides is 1. The number of carbonyl (C=O) groups excluding carboxylic acids is 2. The van der Waals surface area contributed by atoms with Gasteiger partial charge in [-0.3, -0.25) is 14.4 Å². The van der Waals surface area contributed by atoms with E-state index in [0.717, 1.165) is 6.07 Å². The summed E-state index contributed by atoms with van der Waals surface area (Å²) in [5, 5.41) is 10.6. The third-order valence-electron chi connectivity index (χ3n) is 2.99. The van der Waals surface area contributed by atoms with Crippen LogP contribution in [0, 0.1) is 6.92 Å². The molecule has 138 valence electrons. The van der Waals surface area contributed by atoms with Crippen molar-refractivity contribution < 1.29 is 27.9 Å². The van der Waals surface area contributed by atoms with Gasteiger partial charge in [-0.2, -0.15) is 4.31 Å². The minimum Gasteiger partial charge on any atom is -0.480 e. The second-order valence-electron chi connectivity index (χ2n) is 4.89. The Morgan fingerprint density at radius 3 is 2.36 bits per heavy atom. The summed E-state index contributed by atoms with van der Waals surface area (Å²) in [5.41, 5.74) is 5.34. The number of carboxylic acid groups (broad SMARTS) is 1. The van der Waals surface area contributed by atoms with Crippen LogP contribution in [0.1, 0.15) is 5.56 Å². The highest BCUT2D eigenvalue weighted by Gasteiger charge is 2.30. The molecule has 1 aromatic rings. The minimum absolute atomic E-state index is 0.159. The number of hydrogen-bond donors (Lipinski definition) is 3. The van der Waals surface area contributed by atoms with Crippen LogP contribution >= 0.6 is 23.2 Å². The summed E-state index contributed by atoms with van der Waals surface area (Å²) >= 11 is 11.9. The van der Waals surface area contributed by atoms with E-state index in [2.05, 4.69) is 0 Å². The molecule has 0 saturated heterocycles. The molecule has 0 spiro atoms. The van der Waals surface area contributed by atoms with Gasteiger partial charge in [0.05, 0.1) is 18.1 Å². The highest BCUT2D eigenvalue weighted by molar-refractivity contribution is 7.89. The zero-order valence-corrected chi connectivity index (χ0v) is 15.3. The van der Waals surface area contributed by atoms with E-state index in [0.29, 0.717) is 9.87 Å². The van der Waals surface area contributed by atoms with E-state index in [1.807, 2.05) is 5.32 Å². The van der Waals surface area contributed by atoms with Crippen molar-refractivity contribution in [2.75, 3.05) is 19.6 Å². The number of aliphatic carboxylic acids is 1. The van der Waals surface area contributed by atoms with Crippen molar-refractivity contribution in [3.8, 4) is 0 Å². The first-order valence-corrected chi connectivity index (χ1v) is 8.88. The van der Waals surface area contributed by atoms with Crippen LogP contribution in [-0.4, -0.2) is 55.2 Å². The van der Waals surface area contributed by atoms with E-state index >= 15 is 0 Å². The minimum atomic E-state index is -4.37. The van der Waals surface area contributed by atoms with Gasteiger partial charge in [0.2, 0.25) is 21.8 Å². The topological polar surface area (TPSA) is 147 Å². The van der Waals surface area contributed by atoms with Gasteiger partial charge in [0.25, 0.3) is 0 Å². The zero-order valence-electron chi connectivity index (χ0n) is 13.0. The molecule has 0 fully saturated rings. The predicted octanol–water partition coefficient (Wildman–Crippen LogP) is -0.0214. The Labute approximate surface area is 153 Å². The third-order valence-corrected chi connectivity index (χ3v) is 5.83. The van der Waals surface area contributed by atoms with Crippen molar-refractivity contribution in [3.63, 3.8) is 0 Å². The highest BCUT2D eigenvalue weighted by atomic mass is 35.5. The van der Waals surface area contributed by atoms with Gasteiger partial charge in [0.1, 0.15) is 11.4 Å². The second kappa shape index (κ2) is 8.48. The molecule has 0 aromatic heterocycles. The number of rotatable bonds is 8. The number of nitrogens with one attached hydrogen (secondary N) is 1. The normalized spacial score (nSPS) is 11.4. The van der Waals surface area contributed by atoms with Gasteiger partial charge in [-0.25, -0.2) is 8.42 Å². The lowest BCUT2D eigenvalue weighted by molar-refractivity contribution is -0.138. The van der Waals surface area contributed by atoms with Crippen LogP contribution < -0.4 is 11.1 Å². The Kier molecular flexibility index (Phi) is 7.17. The molecular formula is C13H15Cl2N3O6S. The second-order valence-corrected chi connectivity index (χ2v) is 7.59. The molecule has 0 saturated carbocycles. The number of amides is 2. The number of nitrogens with zero attached hydrogens (tertiary/aromatic N) is 1. The summed E-state index contributed by atoms with van der Waals surface area (Å²) in [6.07, 6.45) is 0. The quantitative estimate of drug-likeness (QED) is 0.547. The van der Waals surface area contributed by atoms with Crippen LogP contribution in [0.15, 0.2) is 17.0 Å². The van der Waals surface area contributed by atoms with Crippen LogP contribution in [0.4, 0.5) is 0 Å². The molecule has 0 aliphatic carbocycles. The molecule has 0 unspecified atom stereocenters. The van der Waals surface area contributed by atoms with E-state index in [9.17, 15) is 22.8 Å². The highest BCUT2D eigenvalue weighted by Crippen LogP contribution is 2.31. The van der Waals surface area contributed by atoms with E-state index in [1.54, 1.807) is 0 Å². The first-order valence-electron chi connectivity index (χ1n) is 6.68. The standard InChI is InChI=1S/C13H15Cl2N3O6S/c1-7-8(14)2-3-9(13(7)15)25(23,24)18(5-10(16)19)6-11(20)17-4-12(21)22/h2-3H,4-6H2,1H3,(H2,16,19)(H,17,20)(H,21,22). The molecule has 9 nitrogen and oxygen atoms in total. The third kappa shape index (κ3) is 5.56. The largest absolute Gasteiger partial charge is 0.480 e. The molecule has 0 atom stereocenters. The predicted molar refractivity (Wildman–Crippen MR) is 89.8 cm³/mol. The van der Waals surface area contributed by atoms with Crippen molar-refractivity contribution in [2.45, 2.75) is 11.8 Å². The Morgan fingerprint density at radius 1 is 1.24 bits per heavy atom. The van der Waals surface area contributed by atoms with Crippen molar-refractivity contribution >= 4 is 51.0 Å². The van der Waals surface area contributed by atoms with Gasteiger partial charge < -0.3 is 16.2 Å². The molecule has 1 aromatic carbocycles. The molecule has 1 rings (SSSR count). The Morgan fingerprint density at radius 2 is 1.84 bits per heavy atom. The maximum atomic E-state index is 12.7. The summed E-state index contributed by atoms with van der Waals surface area (Å²) < 4.78 is 25.9. The monoisotopic (exact) mass is 411 g/mol. The SMILES string of the molecule is Cc1c(Cl)ccc(S(=O)(=O)N(CC(N)=O)CC(=O)NCC(=O)O)c1Cl. The van der Waals surface area contributed by atoms with Crippen LogP contribution in [0.25, 0.3) is 0 Å². The van der Waals surface area contributed by atoms with Crippen molar-refractivity contribution in [1.82, 2.24) is 9.62 Å². The Balaban J connectivity index is 3.21. The van der Waals surface area contributed by atoms with Gasteiger partial charge in [-0.05, 0) is 24.6 Å². The fourth-order valence-electron chi connectivity index (χ4n) is 1.76. The summed E-state index contributed by atoms with van der Waals surface area (Å²) in [6, 6.07) is 2.44. The molecule has 2 amide bonds. The average molecular weight is 412 g/mol. The number of primary amides is 1. The first-order chi connectivity index (χ1) is 11.5.